The second kappa shape index (κ2) is 11.2. The number of amides is 2. The zero-order valence-electron chi connectivity index (χ0n) is 23.5. The van der Waals surface area contributed by atoms with Crippen molar-refractivity contribution in [3.63, 3.8) is 0 Å². The van der Waals surface area contributed by atoms with Gasteiger partial charge in [-0.3, -0.25) is 19.0 Å². The predicted octanol–water partition coefficient (Wildman–Crippen LogP) is 3.17. The number of hydrogen-bond donors (Lipinski definition) is 1. The molecule has 42 heavy (non-hydrogen) atoms. The fraction of sp³-hybridized carbons (Fsp3) is 0.375. The number of fused-ring (bicyclic) bond motifs is 1. The third kappa shape index (κ3) is 5.22. The van der Waals surface area contributed by atoms with E-state index in [0.717, 1.165) is 5.56 Å². The lowest BCUT2D eigenvalue weighted by Crippen LogP contribution is -2.53. The molecule has 2 amide bonds. The summed E-state index contributed by atoms with van der Waals surface area (Å²) in [6.07, 6.45) is 4.38. The molecule has 1 N–H and O–H groups in total. The fourth-order valence-electron chi connectivity index (χ4n) is 6.42. The molecule has 9 nitrogen and oxygen atoms in total. The summed E-state index contributed by atoms with van der Waals surface area (Å²) < 4.78 is 17.6. The van der Waals surface area contributed by atoms with Crippen LogP contribution in [0.4, 0.5) is 4.39 Å². The van der Waals surface area contributed by atoms with Gasteiger partial charge >= 0.3 is 0 Å². The number of carbonyl (C=O) groups excluding carboxylic acids is 2. The minimum atomic E-state index is -1.14. The van der Waals surface area contributed by atoms with Crippen molar-refractivity contribution in [1.82, 2.24) is 23.9 Å². The van der Waals surface area contributed by atoms with Crippen molar-refractivity contribution in [2.45, 2.75) is 37.3 Å². The van der Waals surface area contributed by atoms with Crippen molar-refractivity contribution in [3.05, 3.63) is 100 Å². The van der Waals surface area contributed by atoms with Crippen LogP contribution in [0.25, 0.3) is 11.0 Å². The maximum absolute atomic E-state index is 14.4. The second-order valence-corrected chi connectivity index (χ2v) is 11.5. The molecule has 0 aliphatic carbocycles. The van der Waals surface area contributed by atoms with Crippen molar-refractivity contribution in [2.24, 2.45) is 13.0 Å². The number of hydrogen-bond acceptors (Lipinski definition) is 5. The zero-order chi connectivity index (χ0) is 29.4. The van der Waals surface area contributed by atoms with Crippen LogP contribution in [0, 0.1) is 11.7 Å². The molecule has 2 saturated heterocycles. The summed E-state index contributed by atoms with van der Waals surface area (Å²) >= 11 is 0. The number of piperidine rings is 2. The molecule has 6 rings (SSSR count). The maximum Gasteiger partial charge on any atom is 0.262 e. The van der Waals surface area contributed by atoms with Crippen LogP contribution >= 0.6 is 0 Å². The summed E-state index contributed by atoms with van der Waals surface area (Å²) in [4.78, 5) is 48.0. The first-order chi connectivity index (χ1) is 20.2. The molecule has 2 aromatic heterocycles. The van der Waals surface area contributed by atoms with Crippen LogP contribution in [-0.2, 0) is 18.4 Å². The number of nitrogens with zero attached hydrogens (tertiary/aromatic N) is 5. The Hall–Kier alpha value is -4.31. The first-order valence-electron chi connectivity index (χ1n) is 14.3. The van der Waals surface area contributed by atoms with E-state index in [1.807, 2.05) is 37.4 Å². The van der Waals surface area contributed by atoms with Crippen molar-refractivity contribution < 1.29 is 19.1 Å². The Morgan fingerprint density at radius 2 is 1.71 bits per heavy atom. The Labute approximate surface area is 242 Å². The summed E-state index contributed by atoms with van der Waals surface area (Å²) in [7, 11) is 1.83. The average molecular weight is 572 g/mol. The Bertz CT molecular complexity index is 1680. The Kier molecular flexibility index (Phi) is 7.40. The van der Waals surface area contributed by atoms with Gasteiger partial charge in [0, 0.05) is 51.3 Å². The lowest BCUT2D eigenvalue weighted by atomic mass is 9.79. The summed E-state index contributed by atoms with van der Waals surface area (Å²) in [6, 6.07) is 17.4. The summed E-state index contributed by atoms with van der Waals surface area (Å²) in [5.74, 6) is -1.53. The van der Waals surface area contributed by atoms with E-state index in [4.69, 9.17) is 0 Å². The largest absolute Gasteiger partial charge is 0.388 e. The van der Waals surface area contributed by atoms with Gasteiger partial charge in [-0.25, -0.2) is 9.37 Å². The number of likely N-dealkylation sites (tertiary alicyclic amines) is 2. The minimum absolute atomic E-state index is 0.00608. The third-order valence-corrected chi connectivity index (χ3v) is 8.87. The van der Waals surface area contributed by atoms with Crippen LogP contribution in [0.3, 0.4) is 0 Å². The highest BCUT2D eigenvalue weighted by Crippen LogP contribution is 2.36. The van der Waals surface area contributed by atoms with E-state index in [2.05, 4.69) is 4.98 Å². The molecule has 2 unspecified atom stereocenters. The van der Waals surface area contributed by atoms with E-state index in [1.54, 1.807) is 38.8 Å². The molecule has 4 heterocycles. The lowest BCUT2D eigenvalue weighted by Gasteiger charge is -2.43. The Morgan fingerprint density at radius 3 is 2.45 bits per heavy atom. The van der Waals surface area contributed by atoms with E-state index >= 15 is 0 Å². The van der Waals surface area contributed by atoms with Gasteiger partial charge in [-0.15, -0.1) is 0 Å². The number of aryl methyl sites for hydroxylation is 1. The van der Waals surface area contributed by atoms with E-state index in [0.29, 0.717) is 56.5 Å². The zero-order valence-corrected chi connectivity index (χ0v) is 23.5. The summed E-state index contributed by atoms with van der Waals surface area (Å²) in [6.45, 7) is 1.49. The molecule has 2 aliphatic heterocycles. The monoisotopic (exact) mass is 571 g/mol. The van der Waals surface area contributed by atoms with Gasteiger partial charge in [-0.05, 0) is 43.0 Å². The van der Waals surface area contributed by atoms with Crippen molar-refractivity contribution in [2.75, 3.05) is 26.2 Å². The SMILES string of the molecule is Cn1ccc2c(=O)n(CC3(O)CCN(C(=O)C4CCN(C(=O)c5ccccc5F)CC4c4ccccc4)CC3)cnc21. The molecule has 4 aromatic rings. The minimum Gasteiger partial charge on any atom is -0.388 e. The third-order valence-electron chi connectivity index (χ3n) is 8.87. The molecule has 10 heteroatoms. The van der Waals surface area contributed by atoms with Crippen LogP contribution in [0.15, 0.2) is 78.0 Å². The molecular weight excluding hydrogens is 537 g/mol. The topological polar surface area (TPSA) is 101 Å². The first-order valence-corrected chi connectivity index (χ1v) is 14.3. The summed E-state index contributed by atoms with van der Waals surface area (Å²) in [5.41, 5.74) is 0.246. The van der Waals surface area contributed by atoms with Gasteiger partial charge in [0.15, 0.2) is 0 Å². The highest BCUT2D eigenvalue weighted by atomic mass is 19.1. The highest BCUT2D eigenvalue weighted by molar-refractivity contribution is 5.94. The lowest BCUT2D eigenvalue weighted by molar-refractivity contribution is -0.142. The molecular formula is C32H34FN5O4. The molecule has 2 aliphatic rings. The molecule has 0 saturated carbocycles. The van der Waals surface area contributed by atoms with Gasteiger partial charge in [0.05, 0.1) is 23.1 Å². The molecule has 2 atom stereocenters. The summed E-state index contributed by atoms with van der Waals surface area (Å²) in [5, 5.41) is 11.9. The van der Waals surface area contributed by atoms with Crippen molar-refractivity contribution >= 4 is 22.8 Å². The van der Waals surface area contributed by atoms with Crippen molar-refractivity contribution in [1.29, 1.82) is 0 Å². The standard InChI is InChI=1S/C32H34FN5O4/c1-35-15-11-25-28(35)34-21-38(31(25)41)20-32(42)13-17-36(18-14-32)29(39)23-12-16-37(19-26(23)22-7-3-2-4-8-22)30(40)24-9-5-6-10-27(24)33/h2-11,15,21,23,26,42H,12-14,16-20H2,1H3. The maximum atomic E-state index is 14.4. The Balaban J connectivity index is 1.16. The van der Waals surface area contributed by atoms with Gasteiger partial charge in [0.2, 0.25) is 5.91 Å². The van der Waals surface area contributed by atoms with Gasteiger partial charge < -0.3 is 19.5 Å². The van der Waals surface area contributed by atoms with E-state index < -0.39 is 11.4 Å². The molecule has 218 valence electrons. The number of aliphatic hydroxyl groups is 1. The number of halogens is 1. The highest BCUT2D eigenvalue weighted by Gasteiger charge is 2.42. The van der Waals surface area contributed by atoms with Gasteiger partial charge in [-0.2, -0.15) is 0 Å². The molecule has 0 spiro atoms. The number of aromatic nitrogens is 3. The Morgan fingerprint density at radius 1 is 1.00 bits per heavy atom. The van der Waals surface area contributed by atoms with Crippen LogP contribution < -0.4 is 5.56 Å². The van der Waals surface area contributed by atoms with Crippen LogP contribution in [0.5, 0.6) is 0 Å². The quantitative estimate of drug-likeness (QED) is 0.397. The first kappa shape index (κ1) is 27.8. The van der Waals surface area contributed by atoms with Crippen molar-refractivity contribution in [3.8, 4) is 0 Å². The number of rotatable bonds is 5. The van der Waals surface area contributed by atoms with E-state index in [1.165, 1.54) is 23.0 Å². The molecule has 0 radical (unpaired) electrons. The van der Waals surface area contributed by atoms with Gasteiger partial charge in [0.25, 0.3) is 11.5 Å². The fourth-order valence-corrected chi connectivity index (χ4v) is 6.42. The smallest absolute Gasteiger partial charge is 0.262 e. The van der Waals surface area contributed by atoms with E-state index in [9.17, 15) is 23.9 Å². The predicted molar refractivity (Wildman–Crippen MR) is 155 cm³/mol. The van der Waals surface area contributed by atoms with Gasteiger partial charge in [0.1, 0.15) is 17.8 Å². The second-order valence-electron chi connectivity index (χ2n) is 11.5. The number of carbonyl (C=O) groups is 2. The van der Waals surface area contributed by atoms with Crippen LogP contribution in [0.2, 0.25) is 0 Å². The molecule has 0 bridgehead atoms. The molecule has 2 aromatic carbocycles. The van der Waals surface area contributed by atoms with Crippen LogP contribution in [0.1, 0.15) is 41.1 Å². The molecule has 2 fully saturated rings. The normalized spacial score (nSPS) is 20.5. The van der Waals surface area contributed by atoms with E-state index in [-0.39, 0.29) is 41.3 Å². The number of benzene rings is 2. The van der Waals surface area contributed by atoms with Gasteiger partial charge in [-0.1, -0.05) is 42.5 Å². The average Bonchev–Trinajstić information content (AvgIpc) is 3.39. The van der Waals surface area contributed by atoms with Crippen LogP contribution in [-0.4, -0.2) is 72.6 Å².